The zero-order valence-electron chi connectivity index (χ0n) is 35.3. The van der Waals surface area contributed by atoms with Crippen molar-refractivity contribution in [2.75, 3.05) is 4.90 Å². The predicted molar refractivity (Wildman–Crippen MR) is 261 cm³/mol. The molecule has 0 fully saturated rings. The summed E-state index contributed by atoms with van der Waals surface area (Å²) in [5.74, 6) is 0. The minimum atomic E-state index is -0.0737. The quantitative estimate of drug-likeness (QED) is 0.178. The molecule has 0 aliphatic heterocycles. The fraction of sp³-hybridized carbons (Fsp3) is 0.140. The Bertz CT molecular complexity index is 3890. The Labute approximate surface area is 353 Å². The van der Waals surface area contributed by atoms with Crippen LogP contribution in [-0.4, -0.2) is 13.8 Å². The first kappa shape index (κ1) is 34.7. The second-order valence-electron chi connectivity index (χ2n) is 19.3. The van der Waals surface area contributed by atoms with Crippen LogP contribution in [0.5, 0.6) is 0 Å². The molecule has 4 nitrogen and oxygen atoms in total. The molecule has 0 N–H and O–H groups in total. The maximum atomic E-state index is 5.92. The van der Waals surface area contributed by atoms with Gasteiger partial charge in [-0.2, -0.15) is 0 Å². The molecule has 4 heteroatoms. The lowest BCUT2D eigenvalue weighted by molar-refractivity contribution is 0.591. The van der Waals surface area contributed by atoms with Crippen LogP contribution in [0, 0.1) is 0 Å². The zero-order valence-corrected chi connectivity index (χ0v) is 35.3. The summed E-state index contributed by atoms with van der Waals surface area (Å²) >= 11 is 0. The summed E-state index contributed by atoms with van der Waals surface area (Å²) in [5, 5.41) is 13.7. The standard InChI is InChI=1S/C57H44N4/c1-56(2,3)35-25-26-47-45(29-35)49-39-23-15-13-17-33(39)28-46-50-48(60(47)52(46)49)32-44-43-31-36(57(4,5)6)30-42-41-27-34-18-14-16-24-40(34)53(54(41)61(51(42)43)55(44)58-50)59(37-19-9-7-10-20-37)38-21-11-8-12-22-38/h7-32H,1-6H3. The van der Waals surface area contributed by atoms with Crippen LogP contribution in [0.4, 0.5) is 17.1 Å². The van der Waals surface area contributed by atoms with E-state index in [1.807, 2.05) is 0 Å². The Kier molecular flexibility index (Phi) is 6.69. The number of aromatic nitrogens is 3. The Balaban J connectivity index is 1.27. The lowest BCUT2D eigenvalue weighted by Crippen LogP contribution is -2.11. The molecule has 5 aromatic heterocycles. The molecule has 0 unspecified atom stereocenters. The molecule has 0 amide bonds. The molecule has 0 aliphatic rings. The van der Waals surface area contributed by atoms with Crippen LogP contribution in [0.15, 0.2) is 158 Å². The van der Waals surface area contributed by atoms with E-state index >= 15 is 0 Å². The minimum Gasteiger partial charge on any atom is -0.308 e. The Morgan fingerprint density at radius 1 is 0.410 bits per heavy atom. The van der Waals surface area contributed by atoms with Crippen LogP contribution in [0.25, 0.3) is 98.0 Å². The lowest BCUT2D eigenvalue weighted by Gasteiger charge is -2.28. The second-order valence-corrected chi connectivity index (χ2v) is 19.3. The van der Waals surface area contributed by atoms with Gasteiger partial charge in [0, 0.05) is 54.5 Å². The van der Waals surface area contributed by atoms with Crippen LogP contribution in [0.3, 0.4) is 0 Å². The van der Waals surface area contributed by atoms with Crippen LogP contribution >= 0.6 is 0 Å². The van der Waals surface area contributed by atoms with E-state index in [1.54, 1.807) is 0 Å². The molecule has 0 spiro atoms. The first-order valence-corrected chi connectivity index (χ1v) is 21.6. The van der Waals surface area contributed by atoms with Crippen molar-refractivity contribution in [3.8, 4) is 0 Å². The van der Waals surface area contributed by atoms with E-state index in [9.17, 15) is 0 Å². The number of benzene rings is 8. The van der Waals surface area contributed by atoms with Gasteiger partial charge in [-0.15, -0.1) is 0 Å². The van der Waals surface area contributed by atoms with E-state index in [1.165, 1.54) is 92.4 Å². The Morgan fingerprint density at radius 3 is 1.64 bits per heavy atom. The molecule has 0 atom stereocenters. The number of hydrogen-bond acceptors (Lipinski definition) is 2. The molecule has 0 saturated carbocycles. The fourth-order valence-electron chi connectivity index (χ4n) is 10.6. The second kappa shape index (κ2) is 11.8. The van der Waals surface area contributed by atoms with E-state index in [2.05, 4.69) is 213 Å². The third-order valence-electron chi connectivity index (χ3n) is 13.6. The molecule has 0 bridgehead atoms. The SMILES string of the molecule is CC(C)(C)c1ccc2c(c1)c1c3ccccc3cc3c4nc5c(cc4n2c31)c1cc(C(C)(C)C)cc2c3cc4ccccc4c(N(c4ccccc4)c4ccccc4)c3n5c12. The third kappa shape index (κ3) is 4.62. The smallest absolute Gasteiger partial charge is 0.146 e. The largest absolute Gasteiger partial charge is 0.308 e. The van der Waals surface area contributed by atoms with Crippen molar-refractivity contribution in [2.45, 2.75) is 52.4 Å². The minimum absolute atomic E-state index is 0.0287. The van der Waals surface area contributed by atoms with Gasteiger partial charge in [0.1, 0.15) is 5.65 Å². The van der Waals surface area contributed by atoms with Gasteiger partial charge < -0.3 is 9.30 Å². The maximum absolute atomic E-state index is 5.92. The van der Waals surface area contributed by atoms with Crippen molar-refractivity contribution in [1.82, 2.24) is 13.8 Å². The van der Waals surface area contributed by atoms with Crippen LogP contribution < -0.4 is 4.90 Å². The third-order valence-corrected chi connectivity index (χ3v) is 13.6. The van der Waals surface area contributed by atoms with E-state index < -0.39 is 0 Å². The Hall–Kier alpha value is -7.17. The summed E-state index contributed by atoms with van der Waals surface area (Å²) in [6.45, 7) is 13.9. The number of anilines is 3. The highest BCUT2D eigenvalue weighted by atomic mass is 15.2. The van der Waals surface area contributed by atoms with Gasteiger partial charge in [0.25, 0.3) is 0 Å². The first-order valence-electron chi connectivity index (χ1n) is 21.6. The molecule has 292 valence electrons. The van der Waals surface area contributed by atoms with Crippen molar-refractivity contribution in [3.05, 3.63) is 169 Å². The van der Waals surface area contributed by atoms with E-state index in [0.717, 1.165) is 33.7 Å². The molecule has 0 radical (unpaired) electrons. The fourth-order valence-corrected chi connectivity index (χ4v) is 10.6. The van der Waals surface area contributed by atoms with Gasteiger partial charge in [-0.1, -0.05) is 133 Å². The molecule has 13 aromatic rings. The monoisotopic (exact) mass is 784 g/mol. The van der Waals surface area contributed by atoms with Gasteiger partial charge in [0.15, 0.2) is 0 Å². The van der Waals surface area contributed by atoms with Gasteiger partial charge in [-0.3, -0.25) is 4.40 Å². The number of nitrogens with zero attached hydrogens (tertiary/aromatic N) is 4. The number of pyridine rings is 1. The predicted octanol–water partition coefficient (Wildman–Crippen LogP) is 15.8. The number of fused-ring (bicyclic) bond motifs is 15. The highest BCUT2D eigenvalue weighted by Crippen LogP contribution is 2.51. The average molecular weight is 785 g/mol. The number of para-hydroxylation sites is 2. The summed E-state index contributed by atoms with van der Waals surface area (Å²) < 4.78 is 5.03. The Morgan fingerprint density at radius 2 is 0.967 bits per heavy atom. The van der Waals surface area contributed by atoms with E-state index in [-0.39, 0.29) is 10.8 Å². The van der Waals surface area contributed by atoms with Crippen molar-refractivity contribution in [3.63, 3.8) is 0 Å². The van der Waals surface area contributed by atoms with Crippen molar-refractivity contribution in [2.24, 2.45) is 0 Å². The highest BCUT2D eigenvalue weighted by Gasteiger charge is 2.30. The van der Waals surface area contributed by atoms with Crippen LogP contribution in [0.2, 0.25) is 0 Å². The first-order chi connectivity index (χ1) is 29.5. The topological polar surface area (TPSA) is 24.9 Å². The molecule has 5 heterocycles. The maximum Gasteiger partial charge on any atom is 0.146 e. The van der Waals surface area contributed by atoms with Gasteiger partial charge in [0.2, 0.25) is 0 Å². The summed E-state index contributed by atoms with van der Waals surface area (Å²) in [5.41, 5.74) is 14.0. The number of hydrogen-bond donors (Lipinski definition) is 0. The zero-order chi connectivity index (χ0) is 41.1. The van der Waals surface area contributed by atoms with Crippen molar-refractivity contribution < 1.29 is 0 Å². The molecule has 8 aromatic carbocycles. The molecule has 13 rings (SSSR count). The van der Waals surface area contributed by atoms with Gasteiger partial charge in [0.05, 0.1) is 38.8 Å². The summed E-state index contributed by atoms with van der Waals surface area (Å²) in [6.07, 6.45) is 0. The van der Waals surface area contributed by atoms with Gasteiger partial charge >= 0.3 is 0 Å². The molecular formula is C57H44N4. The van der Waals surface area contributed by atoms with Crippen LogP contribution in [-0.2, 0) is 10.8 Å². The van der Waals surface area contributed by atoms with E-state index in [0.29, 0.717) is 0 Å². The van der Waals surface area contributed by atoms with Gasteiger partial charge in [-0.05, 0) is 105 Å². The molecule has 0 aliphatic carbocycles. The van der Waals surface area contributed by atoms with Crippen molar-refractivity contribution >= 4 is 115 Å². The molecule has 61 heavy (non-hydrogen) atoms. The van der Waals surface area contributed by atoms with Gasteiger partial charge in [-0.25, -0.2) is 4.98 Å². The highest BCUT2D eigenvalue weighted by molar-refractivity contribution is 6.33. The molecule has 0 saturated heterocycles. The number of rotatable bonds is 3. The van der Waals surface area contributed by atoms with E-state index in [4.69, 9.17) is 4.98 Å². The summed E-state index contributed by atoms with van der Waals surface area (Å²) in [7, 11) is 0. The average Bonchev–Trinajstić information content (AvgIpc) is 3.98. The summed E-state index contributed by atoms with van der Waals surface area (Å²) in [6, 6.07) is 58.8. The van der Waals surface area contributed by atoms with Crippen LogP contribution in [0.1, 0.15) is 52.7 Å². The summed E-state index contributed by atoms with van der Waals surface area (Å²) in [4.78, 5) is 8.38. The molecular weight excluding hydrogens is 741 g/mol. The normalized spacial score (nSPS) is 13.1. The lowest BCUT2D eigenvalue weighted by atomic mass is 9.85. The van der Waals surface area contributed by atoms with Crippen molar-refractivity contribution in [1.29, 1.82) is 0 Å².